The average Bonchev–Trinajstić information content (AvgIpc) is 3.16. The molecule has 1 saturated heterocycles. The van der Waals surface area contributed by atoms with E-state index in [2.05, 4.69) is 16.0 Å². The number of rotatable bonds is 2. The van der Waals surface area contributed by atoms with Gasteiger partial charge in [-0.15, -0.1) is 11.3 Å². The molecule has 0 unspecified atom stereocenters. The van der Waals surface area contributed by atoms with E-state index in [9.17, 15) is 0 Å². The van der Waals surface area contributed by atoms with Gasteiger partial charge < -0.3 is 9.64 Å². The predicted molar refractivity (Wildman–Crippen MR) is 84.3 cm³/mol. The standard InChI is InChI=1S/C14H13ClN4OS/c15-12-9-14(18-3-5-20-6-4-18)19-13(16-12)8-10(17-19)11-2-1-7-21-11/h1-2,7-9H,3-6H2. The molecule has 0 amide bonds. The molecule has 3 aromatic rings. The lowest BCUT2D eigenvalue weighted by atomic mass is 10.3. The summed E-state index contributed by atoms with van der Waals surface area (Å²) in [5, 5.41) is 7.23. The Hall–Kier alpha value is -1.63. The molecule has 5 nitrogen and oxygen atoms in total. The fraction of sp³-hybridized carbons (Fsp3) is 0.286. The monoisotopic (exact) mass is 320 g/mol. The molecule has 0 aliphatic carbocycles. The normalized spacial score (nSPS) is 15.8. The van der Waals surface area contributed by atoms with Gasteiger partial charge in [-0.3, -0.25) is 0 Å². The molecule has 7 heteroatoms. The lowest BCUT2D eigenvalue weighted by Crippen LogP contribution is -2.37. The molecule has 0 saturated carbocycles. The molecule has 4 heterocycles. The minimum Gasteiger partial charge on any atom is -0.378 e. The first kappa shape index (κ1) is 13.1. The van der Waals surface area contributed by atoms with Gasteiger partial charge in [-0.05, 0) is 11.4 Å². The van der Waals surface area contributed by atoms with Crippen LogP contribution in [0.3, 0.4) is 0 Å². The summed E-state index contributed by atoms with van der Waals surface area (Å²) in [4.78, 5) is 7.73. The van der Waals surface area contributed by atoms with Crippen molar-refractivity contribution in [3.63, 3.8) is 0 Å². The van der Waals surface area contributed by atoms with Gasteiger partial charge in [-0.2, -0.15) is 9.61 Å². The third-order valence-electron chi connectivity index (χ3n) is 3.49. The first-order chi connectivity index (χ1) is 10.3. The second-order valence-corrected chi connectivity index (χ2v) is 6.15. The van der Waals surface area contributed by atoms with Crippen LogP contribution in [0.5, 0.6) is 0 Å². The Morgan fingerprint density at radius 2 is 2.10 bits per heavy atom. The quantitative estimate of drug-likeness (QED) is 0.681. The average molecular weight is 321 g/mol. The number of hydrogen-bond donors (Lipinski definition) is 0. The minimum absolute atomic E-state index is 0.488. The maximum atomic E-state index is 6.17. The number of morpholine rings is 1. The summed E-state index contributed by atoms with van der Waals surface area (Å²) >= 11 is 7.84. The summed E-state index contributed by atoms with van der Waals surface area (Å²) in [6.45, 7) is 3.12. The molecular weight excluding hydrogens is 308 g/mol. The molecule has 108 valence electrons. The van der Waals surface area contributed by atoms with Crippen LogP contribution in [0, 0.1) is 0 Å². The van der Waals surface area contributed by atoms with Crippen LogP contribution in [0.15, 0.2) is 29.6 Å². The highest BCUT2D eigenvalue weighted by Crippen LogP contribution is 2.27. The Kier molecular flexibility index (Phi) is 3.29. The smallest absolute Gasteiger partial charge is 0.159 e. The Balaban J connectivity index is 1.85. The van der Waals surface area contributed by atoms with Crippen molar-refractivity contribution < 1.29 is 4.74 Å². The highest BCUT2D eigenvalue weighted by Gasteiger charge is 2.17. The number of halogens is 1. The zero-order valence-electron chi connectivity index (χ0n) is 11.2. The van der Waals surface area contributed by atoms with E-state index >= 15 is 0 Å². The topological polar surface area (TPSA) is 42.7 Å². The fourth-order valence-electron chi connectivity index (χ4n) is 2.49. The van der Waals surface area contributed by atoms with E-state index in [0.717, 1.165) is 48.3 Å². The molecule has 1 aliphatic heterocycles. The molecule has 3 aromatic heterocycles. The van der Waals surface area contributed by atoms with Gasteiger partial charge in [0, 0.05) is 25.2 Å². The summed E-state index contributed by atoms with van der Waals surface area (Å²) in [5.41, 5.74) is 1.70. The second kappa shape index (κ2) is 5.29. The van der Waals surface area contributed by atoms with Crippen LogP contribution < -0.4 is 4.90 Å². The zero-order valence-corrected chi connectivity index (χ0v) is 12.8. The highest BCUT2D eigenvalue weighted by molar-refractivity contribution is 7.13. The van der Waals surface area contributed by atoms with E-state index in [-0.39, 0.29) is 0 Å². The van der Waals surface area contributed by atoms with Crippen LogP contribution in [-0.2, 0) is 4.74 Å². The van der Waals surface area contributed by atoms with E-state index in [1.807, 2.05) is 28.1 Å². The van der Waals surface area contributed by atoms with Crippen molar-refractivity contribution in [1.82, 2.24) is 14.6 Å². The van der Waals surface area contributed by atoms with E-state index in [1.54, 1.807) is 11.3 Å². The molecule has 1 aliphatic rings. The summed E-state index contributed by atoms with van der Waals surface area (Å²) < 4.78 is 7.28. The van der Waals surface area contributed by atoms with Gasteiger partial charge in [-0.1, -0.05) is 17.7 Å². The minimum atomic E-state index is 0.488. The Bertz CT molecular complexity index is 765. The number of nitrogens with zero attached hydrogens (tertiary/aromatic N) is 4. The Morgan fingerprint density at radius 1 is 1.24 bits per heavy atom. The van der Waals surface area contributed by atoms with Gasteiger partial charge in [0.05, 0.1) is 18.1 Å². The second-order valence-electron chi connectivity index (χ2n) is 4.81. The maximum absolute atomic E-state index is 6.17. The van der Waals surface area contributed by atoms with E-state index in [0.29, 0.717) is 5.15 Å². The summed E-state index contributed by atoms with van der Waals surface area (Å²) in [6.07, 6.45) is 0. The summed E-state index contributed by atoms with van der Waals surface area (Å²) in [6, 6.07) is 7.92. The van der Waals surface area contributed by atoms with Crippen LogP contribution in [-0.4, -0.2) is 40.9 Å². The van der Waals surface area contributed by atoms with Crippen molar-refractivity contribution in [3.8, 4) is 10.6 Å². The first-order valence-corrected chi connectivity index (χ1v) is 8.00. The van der Waals surface area contributed by atoms with Crippen LogP contribution in [0.2, 0.25) is 5.15 Å². The third kappa shape index (κ3) is 2.39. The van der Waals surface area contributed by atoms with Gasteiger partial charge in [0.2, 0.25) is 0 Å². The van der Waals surface area contributed by atoms with Crippen molar-refractivity contribution in [2.45, 2.75) is 0 Å². The van der Waals surface area contributed by atoms with Crippen molar-refractivity contribution in [1.29, 1.82) is 0 Å². The van der Waals surface area contributed by atoms with Crippen LogP contribution in [0.4, 0.5) is 5.82 Å². The van der Waals surface area contributed by atoms with Crippen molar-refractivity contribution >= 4 is 34.4 Å². The van der Waals surface area contributed by atoms with E-state index in [4.69, 9.17) is 21.4 Å². The lowest BCUT2D eigenvalue weighted by molar-refractivity contribution is 0.122. The van der Waals surface area contributed by atoms with Crippen LogP contribution >= 0.6 is 22.9 Å². The molecule has 1 fully saturated rings. The third-order valence-corrected chi connectivity index (χ3v) is 4.57. The lowest BCUT2D eigenvalue weighted by Gasteiger charge is -2.28. The molecule has 0 atom stereocenters. The number of hydrogen-bond acceptors (Lipinski definition) is 5. The molecule has 0 spiro atoms. The molecule has 4 rings (SSSR count). The number of anilines is 1. The van der Waals surface area contributed by atoms with Crippen LogP contribution in [0.25, 0.3) is 16.2 Å². The van der Waals surface area contributed by atoms with Crippen molar-refractivity contribution in [3.05, 3.63) is 34.8 Å². The van der Waals surface area contributed by atoms with Gasteiger partial charge in [-0.25, -0.2) is 4.98 Å². The van der Waals surface area contributed by atoms with Gasteiger partial charge in [0.25, 0.3) is 0 Å². The van der Waals surface area contributed by atoms with E-state index in [1.165, 1.54) is 0 Å². The molecular formula is C14H13ClN4OS. The largest absolute Gasteiger partial charge is 0.378 e. The molecule has 0 bridgehead atoms. The van der Waals surface area contributed by atoms with Crippen LogP contribution in [0.1, 0.15) is 0 Å². The molecule has 0 radical (unpaired) electrons. The zero-order chi connectivity index (χ0) is 14.2. The first-order valence-electron chi connectivity index (χ1n) is 6.74. The molecule has 0 aromatic carbocycles. The molecule has 0 N–H and O–H groups in total. The molecule has 21 heavy (non-hydrogen) atoms. The van der Waals surface area contributed by atoms with Gasteiger partial charge in [0.15, 0.2) is 5.65 Å². The van der Waals surface area contributed by atoms with E-state index < -0.39 is 0 Å². The predicted octanol–water partition coefficient (Wildman–Crippen LogP) is 2.95. The Labute approximate surface area is 130 Å². The van der Waals surface area contributed by atoms with Gasteiger partial charge >= 0.3 is 0 Å². The number of ether oxygens (including phenoxy) is 1. The number of aromatic nitrogens is 3. The summed E-state index contributed by atoms with van der Waals surface area (Å²) in [7, 11) is 0. The fourth-order valence-corrected chi connectivity index (χ4v) is 3.36. The van der Waals surface area contributed by atoms with Crippen molar-refractivity contribution in [2.24, 2.45) is 0 Å². The SMILES string of the molecule is Clc1cc(N2CCOCC2)n2nc(-c3cccs3)cc2n1. The number of fused-ring (bicyclic) bond motifs is 1. The summed E-state index contributed by atoms with van der Waals surface area (Å²) in [5.74, 6) is 0.969. The highest BCUT2D eigenvalue weighted by atomic mass is 35.5. The number of thiophene rings is 1. The van der Waals surface area contributed by atoms with Gasteiger partial charge in [0.1, 0.15) is 16.7 Å². The maximum Gasteiger partial charge on any atom is 0.159 e. The van der Waals surface area contributed by atoms with Crippen molar-refractivity contribution in [2.75, 3.05) is 31.2 Å². The Morgan fingerprint density at radius 3 is 2.86 bits per heavy atom.